The Kier molecular flexibility index (Phi) is 1.97. The predicted octanol–water partition coefficient (Wildman–Crippen LogP) is 0.937. The van der Waals surface area contributed by atoms with Gasteiger partial charge in [-0.25, -0.2) is 4.31 Å². The highest BCUT2D eigenvalue weighted by atomic mass is 35.7. The van der Waals surface area contributed by atoms with Crippen LogP contribution < -0.4 is 0 Å². The van der Waals surface area contributed by atoms with E-state index < -0.39 is 0 Å². The van der Waals surface area contributed by atoms with E-state index in [9.17, 15) is 9.59 Å². The first-order valence-corrected chi connectivity index (χ1v) is 4.00. The molecule has 1 saturated heterocycles. The minimum atomic E-state index is -0.194. The van der Waals surface area contributed by atoms with Crippen LogP contribution in [0.3, 0.4) is 0 Å². The summed E-state index contributed by atoms with van der Waals surface area (Å²) in [6.07, 6.45) is 0.608. The van der Waals surface area contributed by atoms with Gasteiger partial charge >= 0.3 is 0 Å². The monoisotopic (exact) mass is 165 g/mol. The second-order valence-electron chi connectivity index (χ2n) is 1.65. The first-order chi connectivity index (χ1) is 4.25. The lowest BCUT2D eigenvalue weighted by molar-refractivity contribution is -0.131. The van der Waals surface area contributed by atoms with Crippen molar-refractivity contribution in [2.24, 2.45) is 0 Å². The minimum Gasteiger partial charge on any atom is -0.273 e. The number of carbonyl (C=O) groups is 2. The van der Waals surface area contributed by atoms with E-state index in [4.69, 9.17) is 10.7 Å². The molecule has 0 aliphatic carbocycles. The summed E-state index contributed by atoms with van der Waals surface area (Å²) in [6.45, 7) is 0. The van der Waals surface area contributed by atoms with E-state index in [1.165, 1.54) is 0 Å². The average Bonchev–Trinajstić information content (AvgIpc) is 2.12. The fourth-order valence-electron chi connectivity index (χ4n) is 0.633. The normalized spacial score (nSPS) is 19.4. The quantitative estimate of drug-likeness (QED) is 0.429. The molecule has 1 aliphatic heterocycles. The van der Waals surface area contributed by atoms with Gasteiger partial charge in [0.25, 0.3) is 0 Å². The van der Waals surface area contributed by atoms with Crippen molar-refractivity contribution in [3.8, 4) is 0 Å². The Bertz CT molecular complexity index is 145. The summed E-state index contributed by atoms with van der Waals surface area (Å²) in [5, 5.41) is 0. The van der Waals surface area contributed by atoms with Gasteiger partial charge in [-0.3, -0.25) is 9.59 Å². The van der Waals surface area contributed by atoms with Crippen molar-refractivity contribution in [3.63, 3.8) is 0 Å². The van der Waals surface area contributed by atoms with Gasteiger partial charge in [-0.05, 0) is 10.7 Å². The van der Waals surface area contributed by atoms with E-state index in [-0.39, 0.29) is 11.8 Å². The van der Waals surface area contributed by atoms with Crippen LogP contribution in [0.4, 0.5) is 0 Å². The van der Waals surface area contributed by atoms with Gasteiger partial charge in [-0.15, -0.1) is 0 Å². The number of imide groups is 1. The van der Waals surface area contributed by atoms with Gasteiger partial charge in [0.1, 0.15) is 0 Å². The smallest absolute Gasteiger partial charge is 0.240 e. The molecule has 0 aromatic carbocycles. The largest absolute Gasteiger partial charge is 0.273 e. The van der Waals surface area contributed by atoms with Crippen LogP contribution in [0.25, 0.3) is 0 Å². The van der Waals surface area contributed by atoms with Gasteiger partial charge in [0.2, 0.25) is 11.8 Å². The summed E-state index contributed by atoms with van der Waals surface area (Å²) < 4.78 is 0.974. The van der Waals surface area contributed by atoms with Crippen molar-refractivity contribution in [1.29, 1.82) is 0 Å². The maximum Gasteiger partial charge on any atom is 0.240 e. The maximum absolute atomic E-state index is 10.6. The molecule has 3 nitrogen and oxygen atoms in total. The number of halogens is 1. The Morgan fingerprint density at radius 3 is 2.00 bits per heavy atom. The number of hydrogen-bond donors (Lipinski definition) is 0. The van der Waals surface area contributed by atoms with E-state index in [0.29, 0.717) is 24.0 Å². The predicted molar refractivity (Wildman–Crippen MR) is 34.5 cm³/mol. The lowest BCUT2D eigenvalue weighted by atomic mass is 10.4. The van der Waals surface area contributed by atoms with Crippen molar-refractivity contribution in [1.82, 2.24) is 4.31 Å². The molecule has 1 fully saturated rings. The molecule has 0 aromatic rings. The number of rotatable bonds is 1. The molecule has 0 unspecified atom stereocenters. The molecular formula is C4H4ClNO2S. The zero-order valence-corrected chi connectivity index (χ0v) is 6.04. The molecule has 0 spiro atoms. The molecule has 1 heterocycles. The zero-order chi connectivity index (χ0) is 6.85. The highest BCUT2D eigenvalue weighted by Gasteiger charge is 2.28. The third kappa shape index (κ3) is 1.19. The summed E-state index contributed by atoms with van der Waals surface area (Å²) in [7, 11) is 5.20. The third-order valence-corrected chi connectivity index (χ3v) is 2.03. The van der Waals surface area contributed by atoms with Crippen molar-refractivity contribution >= 4 is 33.7 Å². The molecule has 0 atom stereocenters. The number of nitrogens with zero attached hydrogens (tertiary/aromatic N) is 1. The summed E-state index contributed by atoms with van der Waals surface area (Å²) in [4.78, 5) is 21.2. The van der Waals surface area contributed by atoms with Gasteiger partial charge in [0.15, 0.2) is 0 Å². The molecule has 9 heavy (non-hydrogen) atoms. The Morgan fingerprint density at radius 2 is 1.78 bits per heavy atom. The highest BCUT2D eigenvalue weighted by Crippen LogP contribution is 2.23. The molecule has 0 bridgehead atoms. The molecule has 50 valence electrons. The standard InChI is InChI=1S/C4H4ClNO2S/c5-9-6-3(7)1-2-4(6)8/h1-2H2. The van der Waals surface area contributed by atoms with Gasteiger partial charge in [-0.2, -0.15) is 0 Å². The van der Waals surface area contributed by atoms with Gasteiger partial charge in [0, 0.05) is 12.8 Å². The Morgan fingerprint density at radius 1 is 1.33 bits per heavy atom. The van der Waals surface area contributed by atoms with E-state index in [1.807, 2.05) is 0 Å². The fraction of sp³-hybridized carbons (Fsp3) is 0.500. The van der Waals surface area contributed by atoms with Crippen LogP contribution in [0, 0.1) is 0 Å². The number of carbonyl (C=O) groups excluding carboxylic acids is 2. The van der Waals surface area contributed by atoms with Gasteiger partial charge in [0.05, 0.1) is 11.2 Å². The Balaban J connectivity index is 2.66. The number of hydrogen-bond acceptors (Lipinski definition) is 3. The van der Waals surface area contributed by atoms with Crippen molar-refractivity contribution < 1.29 is 9.59 Å². The zero-order valence-electron chi connectivity index (χ0n) is 4.46. The molecule has 1 aliphatic rings. The van der Waals surface area contributed by atoms with Crippen LogP contribution in [0.5, 0.6) is 0 Å². The van der Waals surface area contributed by atoms with Crippen molar-refractivity contribution in [2.45, 2.75) is 12.8 Å². The lowest BCUT2D eigenvalue weighted by Gasteiger charge is -2.03. The topological polar surface area (TPSA) is 37.4 Å². The first kappa shape index (κ1) is 6.89. The second-order valence-corrected chi connectivity index (χ2v) is 2.57. The molecule has 0 radical (unpaired) electrons. The van der Waals surface area contributed by atoms with Crippen LogP contribution in [0.2, 0.25) is 0 Å². The highest BCUT2D eigenvalue weighted by molar-refractivity contribution is 8.19. The molecule has 0 aromatic heterocycles. The molecular weight excluding hydrogens is 162 g/mol. The van der Waals surface area contributed by atoms with Crippen molar-refractivity contribution in [2.75, 3.05) is 0 Å². The van der Waals surface area contributed by atoms with Crippen molar-refractivity contribution in [3.05, 3.63) is 0 Å². The number of amides is 2. The van der Waals surface area contributed by atoms with Crippen LogP contribution in [-0.4, -0.2) is 16.1 Å². The SMILES string of the molecule is O=C1CCC(=O)N1SCl. The van der Waals surface area contributed by atoms with E-state index >= 15 is 0 Å². The maximum atomic E-state index is 10.6. The van der Waals surface area contributed by atoms with Gasteiger partial charge in [-0.1, -0.05) is 0 Å². The second kappa shape index (κ2) is 2.58. The molecule has 0 saturated carbocycles. The third-order valence-electron chi connectivity index (χ3n) is 1.07. The van der Waals surface area contributed by atoms with Gasteiger partial charge < -0.3 is 0 Å². The molecule has 2 amide bonds. The molecule has 1 rings (SSSR count). The average molecular weight is 166 g/mol. The summed E-state index contributed by atoms with van der Waals surface area (Å²) in [5.41, 5.74) is 0. The minimum absolute atomic E-state index is 0.194. The lowest BCUT2D eigenvalue weighted by Crippen LogP contribution is -2.19. The fourth-order valence-corrected chi connectivity index (χ4v) is 1.43. The van der Waals surface area contributed by atoms with E-state index in [1.54, 1.807) is 0 Å². The van der Waals surface area contributed by atoms with Crippen LogP contribution >= 0.6 is 21.8 Å². The molecule has 0 N–H and O–H groups in total. The summed E-state index contributed by atoms with van der Waals surface area (Å²) in [6, 6.07) is 0. The van der Waals surface area contributed by atoms with Crippen LogP contribution in [0.15, 0.2) is 0 Å². The molecule has 5 heteroatoms. The Hall–Kier alpha value is -0.220. The van der Waals surface area contributed by atoms with Crippen LogP contribution in [0.1, 0.15) is 12.8 Å². The van der Waals surface area contributed by atoms with E-state index in [0.717, 1.165) is 4.31 Å². The van der Waals surface area contributed by atoms with Crippen LogP contribution in [-0.2, 0) is 9.59 Å². The first-order valence-electron chi connectivity index (χ1n) is 2.40. The summed E-state index contributed by atoms with van der Waals surface area (Å²) >= 11 is 0.655. The Labute approximate surface area is 61.0 Å². The summed E-state index contributed by atoms with van der Waals surface area (Å²) in [5.74, 6) is -0.389. The van der Waals surface area contributed by atoms with E-state index in [2.05, 4.69) is 0 Å².